The Hall–Kier alpha value is -0.710. The molecule has 0 bridgehead atoms. The summed E-state index contributed by atoms with van der Waals surface area (Å²) in [6.45, 7) is 6.38. The van der Waals surface area contributed by atoms with Crippen LogP contribution in [-0.4, -0.2) is 36.4 Å². The summed E-state index contributed by atoms with van der Waals surface area (Å²) < 4.78 is 0. The predicted molar refractivity (Wildman–Crippen MR) is 67.2 cm³/mol. The molecule has 0 radical (unpaired) electrons. The van der Waals surface area contributed by atoms with Crippen molar-refractivity contribution in [2.24, 2.45) is 5.73 Å². The van der Waals surface area contributed by atoms with E-state index in [1.807, 2.05) is 19.9 Å². The van der Waals surface area contributed by atoms with Gasteiger partial charge in [0.25, 0.3) is 0 Å². The van der Waals surface area contributed by atoms with Crippen molar-refractivity contribution in [2.75, 3.05) is 19.6 Å². The van der Waals surface area contributed by atoms with Crippen LogP contribution in [0.2, 0.25) is 0 Å². The minimum atomic E-state index is 0.232. The maximum absolute atomic E-state index is 12.1. The molecule has 3 nitrogen and oxygen atoms in total. The molecule has 1 aromatic rings. The van der Waals surface area contributed by atoms with Crippen LogP contribution in [-0.2, 0) is 0 Å². The lowest BCUT2D eigenvalue weighted by Crippen LogP contribution is -2.31. The van der Waals surface area contributed by atoms with Crippen LogP contribution in [0.25, 0.3) is 0 Å². The maximum Gasteiger partial charge on any atom is 0.177 e. The first-order valence-corrected chi connectivity index (χ1v) is 6.46. The van der Waals surface area contributed by atoms with E-state index in [1.54, 1.807) is 11.3 Å². The molecule has 1 aliphatic rings. The molecule has 2 rings (SSSR count). The van der Waals surface area contributed by atoms with Crippen molar-refractivity contribution < 1.29 is 4.79 Å². The zero-order valence-electron chi connectivity index (χ0n) is 9.82. The van der Waals surface area contributed by atoms with E-state index in [1.165, 1.54) is 4.88 Å². The number of likely N-dealkylation sites (tertiary alicyclic amines) is 1. The molecule has 1 atom stereocenters. The molecule has 0 aromatic carbocycles. The summed E-state index contributed by atoms with van der Waals surface area (Å²) in [6, 6.07) is 2.25. The fraction of sp³-hybridized carbons (Fsp3) is 0.583. The number of Topliss-reactive ketones (excluding diaryl/α,β-unsaturated/α-hetero) is 1. The van der Waals surface area contributed by atoms with Gasteiger partial charge in [-0.25, -0.2) is 0 Å². The van der Waals surface area contributed by atoms with Crippen LogP contribution >= 0.6 is 11.3 Å². The number of rotatable bonds is 3. The molecule has 2 N–H and O–H groups in total. The molecule has 1 unspecified atom stereocenters. The number of thiophene rings is 1. The SMILES string of the molecule is Cc1cc(C(=O)CN2CCC(N)C2)c(C)s1. The van der Waals surface area contributed by atoms with E-state index in [0.717, 1.165) is 30.0 Å². The van der Waals surface area contributed by atoms with E-state index in [2.05, 4.69) is 4.90 Å². The second kappa shape index (κ2) is 4.65. The first kappa shape index (κ1) is 11.8. The van der Waals surface area contributed by atoms with E-state index in [0.29, 0.717) is 6.54 Å². The number of carbonyl (C=O) groups excluding carboxylic acids is 1. The minimum Gasteiger partial charge on any atom is -0.326 e. The van der Waals surface area contributed by atoms with Gasteiger partial charge in [-0.1, -0.05) is 0 Å². The van der Waals surface area contributed by atoms with Crippen LogP contribution in [0.3, 0.4) is 0 Å². The minimum absolute atomic E-state index is 0.232. The van der Waals surface area contributed by atoms with Gasteiger partial charge >= 0.3 is 0 Å². The molecule has 0 amide bonds. The van der Waals surface area contributed by atoms with Gasteiger partial charge < -0.3 is 5.73 Å². The van der Waals surface area contributed by atoms with Gasteiger partial charge in [-0.15, -0.1) is 11.3 Å². The first-order chi connectivity index (χ1) is 7.56. The van der Waals surface area contributed by atoms with Crippen molar-refractivity contribution in [1.82, 2.24) is 4.90 Å². The molecule has 16 heavy (non-hydrogen) atoms. The number of hydrogen-bond donors (Lipinski definition) is 1. The molecule has 0 saturated carbocycles. The molecule has 4 heteroatoms. The molecule has 0 spiro atoms. The van der Waals surface area contributed by atoms with Crippen molar-refractivity contribution in [1.29, 1.82) is 0 Å². The highest BCUT2D eigenvalue weighted by atomic mass is 32.1. The Morgan fingerprint density at radius 1 is 1.62 bits per heavy atom. The van der Waals surface area contributed by atoms with Gasteiger partial charge in [0.05, 0.1) is 6.54 Å². The summed E-state index contributed by atoms with van der Waals surface area (Å²) in [5.74, 6) is 0.232. The molecule has 1 aliphatic heterocycles. The molecule has 88 valence electrons. The zero-order chi connectivity index (χ0) is 11.7. The fourth-order valence-electron chi connectivity index (χ4n) is 2.20. The average molecular weight is 238 g/mol. The van der Waals surface area contributed by atoms with Gasteiger partial charge in [0, 0.05) is 34.4 Å². The Kier molecular flexibility index (Phi) is 3.42. The number of aryl methyl sites for hydroxylation is 2. The topological polar surface area (TPSA) is 46.3 Å². The molecule has 0 aliphatic carbocycles. The van der Waals surface area contributed by atoms with Crippen molar-refractivity contribution in [3.63, 3.8) is 0 Å². The highest BCUT2D eigenvalue weighted by Crippen LogP contribution is 2.21. The Morgan fingerprint density at radius 3 is 2.88 bits per heavy atom. The van der Waals surface area contributed by atoms with Crippen molar-refractivity contribution in [3.05, 3.63) is 21.4 Å². The Balaban J connectivity index is 2.00. The van der Waals surface area contributed by atoms with Gasteiger partial charge in [0.2, 0.25) is 0 Å². The Labute approximate surface area is 100 Å². The van der Waals surface area contributed by atoms with E-state index in [-0.39, 0.29) is 11.8 Å². The van der Waals surface area contributed by atoms with E-state index >= 15 is 0 Å². The van der Waals surface area contributed by atoms with Crippen LogP contribution in [0, 0.1) is 13.8 Å². The van der Waals surface area contributed by atoms with E-state index < -0.39 is 0 Å². The Morgan fingerprint density at radius 2 is 2.38 bits per heavy atom. The molecule has 2 heterocycles. The first-order valence-electron chi connectivity index (χ1n) is 5.64. The molecule has 1 fully saturated rings. The van der Waals surface area contributed by atoms with Gasteiger partial charge in [0.15, 0.2) is 5.78 Å². The van der Waals surface area contributed by atoms with Gasteiger partial charge in [0.1, 0.15) is 0 Å². The summed E-state index contributed by atoms with van der Waals surface area (Å²) in [5, 5.41) is 0. The van der Waals surface area contributed by atoms with Gasteiger partial charge in [-0.05, 0) is 26.3 Å². The van der Waals surface area contributed by atoms with Crippen molar-refractivity contribution >= 4 is 17.1 Å². The number of carbonyl (C=O) groups is 1. The van der Waals surface area contributed by atoms with E-state index in [9.17, 15) is 4.79 Å². The van der Waals surface area contributed by atoms with E-state index in [4.69, 9.17) is 5.73 Å². The number of ketones is 1. The Bertz CT molecular complexity index is 400. The smallest absolute Gasteiger partial charge is 0.177 e. The monoisotopic (exact) mass is 238 g/mol. The number of nitrogens with two attached hydrogens (primary N) is 1. The van der Waals surface area contributed by atoms with Gasteiger partial charge in [-0.2, -0.15) is 0 Å². The van der Waals surface area contributed by atoms with Crippen LogP contribution < -0.4 is 5.73 Å². The maximum atomic E-state index is 12.1. The van der Waals surface area contributed by atoms with Crippen LogP contribution in [0.5, 0.6) is 0 Å². The lowest BCUT2D eigenvalue weighted by Gasteiger charge is -2.13. The number of nitrogens with zero attached hydrogens (tertiary/aromatic N) is 1. The van der Waals surface area contributed by atoms with Crippen molar-refractivity contribution in [2.45, 2.75) is 26.3 Å². The largest absolute Gasteiger partial charge is 0.326 e. The highest BCUT2D eigenvalue weighted by molar-refractivity contribution is 7.12. The van der Waals surface area contributed by atoms with Gasteiger partial charge in [-0.3, -0.25) is 9.69 Å². The second-order valence-corrected chi connectivity index (χ2v) is 5.99. The highest BCUT2D eigenvalue weighted by Gasteiger charge is 2.22. The third-order valence-corrected chi connectivity index (χ3v) is 3.98. The van der Waals surface area contributed by atoms with Crippen molar-refractivity contribution in [3.8, 4) is 0 Å². The lowest BCUT2D eigenvalue weighted by atomic mass is 10.1. The summed E-state index contributed by atoms with van der Waals surface area (Å²) in [6.07, 6.45) is 1.01. The number of hydrogen-bond acceptors (Lipinski definition) is 4. The van der Waals surface area contributed by atoms with Crippen LogP contribution in [0.15, 0.2) is 6.07 Å². The predicted octanol–water partition coefficient (Wildman–Crippen LogP) is 1.58. The van der Waals surface area contributed by atoms with Crippen LogP contribution in [0.1, 0.15) is 26.5 Å². The standard InChI is InChI=1S/C12H18N2OS/c1-8-5-11(9(2)16-8)12(15)7-14-4-3-10(13)6-14/h5,10H,3-4,6-7,13H2,1-2H3. The average Bonchev–Trinajstić information content (AvgIpc) is 2.73. The molecule has 1 aromatic heterocycles. The summed E-state index contributed by atoms with van der Waals surface area (Å²) in [7, 11) is 0. The summed E-state index contributed by atoms with van der Waals surface area (Å²) in [4.78, 5) is 16.6. The molecular weight excluding hydrogens is 220 g/mol. The van der Waals surface area contributed by atoms with Crippen LogP contribution in [0.4, 0.5) is 0 Å². The summed E-state index contributed by atoms with van der Waals surface area (Å²) in [5.41, 5.74) is 6.71. The zero-order valence-corrected chi connectivity index (χ0v) is 10.6. The third-order valence-electron chi connectivity index (χ3n) is 3.02. The lowest BCUT2D eigenvalue weighted by molar-refractivity contribution is 0.0944. The molecule has 1 saturated heterocycles. The second-order valence-electron chi connectivity index (χ2n) is 4.53. The third kappa shape index (κ3) is 2.51. The quantitative estimate of drug-likeness (QED) is 0.813. The fourth-order valence-corrected chi connectivity index (χ4v) is 3.14. The summed E-state index contributed by atoms with van der Waals surface area (Å²) >= 11 is 1.69. The normalized spacial score (nSPS) is 21.6. The molecular formula is C12H18N2OS.